The monoisotopic (exact) mass is 287 g/mol. The summed E-state index contributed by atoms with van der Waals surface area (Å²) in [6, 6.07) is -0.355. The molecule has 2 unspecified atom stereocenters. The zero-order chi connectivity index (χ0) is 15.0. The molecule has 1 saturated heterocycles. The summed E-state index contributed by atoms with van der Waals surface area (Å²) in [5, 5.41) is 9.19. The molecule has 20 heavy (non-hydrogen) atoms. The Kier molecular flexibility index (Phi) is 7.54. The second-order valence-corrected chi connectivity index (χ2v) is 5.00. The SMILES string of the molecule is CCCOCCC(=O)N(CCC)C1COCC1C(=O)O. The molecule has 116 valence electrons. The number of carboxylic acids is 1. The van der Waals surface area contributed by atoms with Crippen LogP contribution in [0.5, 0.6) is 0 Å². The van der Waals surface area contributed by atoms with Crippen LogP contribution in [0, 0.1) is 5.92 Å². The third-order valence-corrected chi connectivity index (χ3v) is 3.36. The summed E-state index contributed by atoms with van der Waals surface area (Å²) >= 11 is 0. The number of ether oxygens (including phenoxy) is 2. The highest BCUT2D eigenvalue weighted by Gasteiger charge is 2.39. The predicted octanol–water partition coefficient (Wildman–Crippen LogP) is 1.14. The molecule has 1 heterocycles. The van der Waals surface area contributed by atoms with E-state index in [0.717, 1.165) is 12.8 Å². The van der Waals surface area contributed by atoms with Crippen LogP contribution in [0.2, 0.25) is 0 Å². The average Bonchev–Trinajstić information content (AvgIpc) is 2.90. The Balaban J connectivity index is 2.58. The van der Waals surface area contributed by atoms with Crippen LogP contribution in [0.15, 0.2) is 0 Å². The van der Waals surface area contributed by atoms with Crippen LogP contribution in [0.1, 0.15) is 33.1 Å². The van der Waals surface area contributed by atoms with Gasteiger partial charge in [-0.25, -0.2) is 0 Å². The lowest BCUT2D eigenvalue weighted by atomic mass is 10.0. The molecule has 0 aromatic heterocycles. The van der Waals surface area contributed by atoms with Gasteiger partial charge in [-0.2, -0.15) is 0 Å². The molecule has 0 saturated carbocycles. The minimum Gasteiger partial charge on any atom is -0.481 e. The third-order valence-electron chi connectivity index (χ3n) is 3.36. The number of hydrogen-bond acceptors (Lipinski definition) is 4. The fraction of sp³-hybridized carbons (Fsp3) is 0.857. The fourth-order valence-corrected chi connectivity index (χ4v) is 2.35. The van der Waals surface area contributed by atoms with Gasteiger partial charge in [0.2, 0.25) is 5.91 Å². The first-order valence-corrected chi connectivity index (χ1v) is 7.29. The zero-order valence-electron chi connectivity index (χ0n) is 12.3. The summed E-state index contributed by atoms with van der Waals surface area (Å²) in [5.41, 5.74) is 0. The first-order valence-electron chi connectivity index (χ1n) is 7.29. The lowest BCUT2D eigenvalue weighted by Crippen LogP contribution is -2.47. The highest BCUT2D eigenvalue weighted by atomic mass is 16.5. The molecule has 0 aromatic carbocycles. The van der Waals surface area contributed by atoms with Crippen molar-refractivity contribution in [3.63, 3.8) is 0 Å². The maximum absolute atomic E-state index is 12.2. The molecule has 1 N–H and O–H groups in total. The van der Waals surface area contributed by atoms with Crippen molar-refractivity contribution in [3.05, 3.63) is 0 Å². The second-order valence-electron chi connectivity index (χ2n) is 5.00. The average molecular weight is 287 g/mol. The summed E-state index contributed by atoms with van der Waals surface area (Å²) < 4.78 is 10.6. The maximum atomic E-state index is 12.2. The van der Waals surface area contributed by atoms with Crippen LogP contribution in [0.3, 0.4) is 0 Å². The van der Waals surface area contributed by atoms with E-state index < -0.39 is 11.9 Å². The van der Waals surface area contributed by atoms with Crippen LogP contribution in [-0.4, -0.2) is 60.9 Å². The fourth-order valence-electron chi connectivity index (χ4n) is 2.35. The lowest BCUT2D eigenvalue weighted by molar-refractivity contribution is -0.145. The van der Waals surface area contributed by atoms with Crippen molar-refractivity contribution in [1.29, 1.82) is 0 Å². The molecule has 0 aliphatic carbocycles. The largest absolute Gasteiger partial charge is 0.481 e. The Morgan fingerprint density at radius 3 is 2.60 bits per heavy atom. The minimum absolute atomic E-state index is 0.0512. The summed E-state index contributed by atoms with van der Waals surface area (Å²) in [7, 11) is 0. The van der Waals surface area contributed by atoms with Gasteiger partial charge in [0.15, 0.2) is 0 Å². The van der Waals surface area contributed by atoms with Gasteiger partial charge < -0.3 is 19.5 Å². The van der Waals surface area contributed by atoms with Crippen LogP contribution < -0.4 is 0 Å². The molecule has 0 aromatic rings. The molecular formula is C14H25NO5. The van der Waals surface area contributed by atoms with E-state index in [1.54, 1.807) is 4.90 Å². The number of carbonyl (C=O) groups is 2. The standard InChI is InChI=1S/C14H25NO5/c1-3-6-15(13(16)5-8-19-7-4-2)12-10-20-9-11(12)14(17)18/h11-12H,3-10H2,1-2H3,(H,17,18). The van der Waals surface area contributed by atoms with Gasteiger partial charge in [0.1, 0.15) is 5.92 Å². The van der Waals surface area contributed by atoms with Gasteiger partial charge in [0.25, 0.3) is 0 Å². The second kappa shape index (κ2) is 8.92. The van der Waals surface area contributed by atoms with Crippen molar-refractivity contribution in [1.82, 2.24) is 4.90 Å². The van der Waals surface area contributed by atoms with Gasteiger partial charge in [0, 0.05) is 13.2 Å². The molecule has 6 nitrogen and oxygen atoms in total. The van der Waals surface area contributed by atoms with E-state index in [1.807, 2.05) is 13.8 Å². The van der Waals surface area contributed by atoms with E-state index >= 15 is 0 Å². The van der Waals surface area contributed by atoms with Crippen LogP contribution in [-0.2, 0) is 19.1 Å². The Hall–Kier alpha value is -1.14. The topological polar surface area (TPSA) is 76.1 Å². The van der Waals surface area contributed by atoms with Crippen LogP contribution in [0.4, 0.5) is 0 Å². The first kappa shape index (κ1) is 16.9. The Morgan fingerprint density at radius 2 is 2.00 bits per heavy atom. The van der Waals surface area contributed by atoms with E-state index in [4.69, 9.17) is 9.47 Å². The van der Waals surface area contributed by atoms with Gasteiger partial charge in [0.05, 0.1) is 32.3 Å². The normalized spacial score (nSPS) is 21.9. The van der Waals surface area contributed by atoms with E-state index in [2.05, 4.69) is 0 Å². The molecule has 0 bridgehead atoms. The van der Waals surface area contributed by atoms with Gasteiger partial charge in [-0.1, -0.05) is 13.8 Å². The Bertz CT molecular complexity index is 321. The van der Waals surface area contributed by atoms with Gasteiger partial charge in [-0.15, -0.1) is 0 Å². The van der Waals surface area contributed by atoms with E-state index in [9.17, 15) is 14.7 Å². The van der Waals surface area contributed by atoms with Crippen LogP contribution in [0.25, 0.3) is 0 Å². The van der Waals surface area contributed by atoms with Crippen molar-refractivity contribution in [2.75, 3.05) is 33.0 Å². The summed E-state index contributed by atoms with van der Waals surface area (Å²) in [6.45, 7) is 6.06. The summed E-state index contributed by atoms with van der Waals surface area (Å²) in [6.07, 6.45) is 2.01. The predicted molar refractivity (Wildman–Crippen MR) is 73.5 cm³/mol. The molecule has 1 rings (SSSR count). The molecular weight excluding hydrogens is 262 g/mol. The molecule has 6 heteroatoms. The van der Waals surface area contributed by atoms with Crippen molar-refractivity contribution in [2.24, 2.45) is 5.92 Å². The molecule has 1 aliphatic rings. The van der Waals surface area contributed by atoms with E-state index in [0.29, 0.717) is 32.8 Å². The first-order chi connectivity index (χ1) is 9.61. The van der Waals surface area contributed by atoms with E-state index in [1.165, 1.54) is 0 Å². The minimum atomic E-state index is -0.899. The smallest absolute Gasteiger partial charge is 0.311 e. The zero-order valence-corrected chi connectivity index (χ0v) is 12.3. The van der Waals surface area contributed by atoms with Gasteiger partial charge in [-0.3, -0.25) is 9.59 Å². The van der Waals surface area contributed by atoms with Crippen molar-refractivity contribution in [3.8, 4) is 0 Å². The molecule has 1 amide bonds. The number of hydrogen-bond donors (Lipinski definition) is 1. The molecule has 0 spiro atoms. The number of rotatable bonds is 9. The maximum Gasteiger partial charge on any atom is 0.311 e. The highest BCUT2D eigenvalue weighted by Crippen LogP contribution is 2.21. The highest BCUT2D eigenvalue weighted by molar-refractivity contribution is 5.78. The van der Waals surface area contributed by atoms with E-state index in [-0.39, 0.29) is 18.6 Å². The Labute approximate surface area is 120 Å². The number of aliphatic carboxylic acids is 1. The van der Waals surface area contributed by atoms with Gasteiger partial charge in [-0.05, 0) is 12.8 Å². The molecule has 1 aliphatic heterocycles. The number of carbonyl (C=O) groups excluding carboxylic acids is 1. The Morgan fingerprint density at radius 1 is 1.25 bits per heavy atom. The number of amides is 1. The third kappa shape index (κ3) is 4.76. The lowest BCUT2D eigenvalue weighted by Gasteiger charge is -2.30. The van der Waals surface area contributed by atoms with Crippen molar-refractivity contribution in [2.45, 2.75) is 39.2 Å². The van der Waals surface area contributed by atoms with Crippen molar-refractivity contribution < 1.29 is 24.2 Å². The summed E-state index contributed by atoms with van der Waals surface area (Å²) in [5.74, 6) is -1.57. The number of nitrogens with zero attached hydrogens (tertiary/aromatic N) is 1. The van der Waals surface area contributed by atoms with Gasteiger partial charge >= 0.3 is 5.97 Å². The molecule has 0 radical (unpaired) electrons. The molecule has 1 fully saturated rings. The van der Waals surface area contributed by atoms with Crippen LogP contribution >= 0.6 is 0 Å². The summed E-state index contributed by atoms with van der Waals surface area (Å²) in [4.78, 5) is 25.1. The number of carboxylic acid groups (broad SMARTS) is 1. The molecule has 2 atom stereocenters. The quantitative estimate of drug-likeness (QED) is 0.644. The van der Waals surface area contributed by atoms with Crippen molar-refractivity contribution >= 4 is 11.9 Å².